The average molecular weight is 267 g/mol. The van der Waals surface area contributed by atoms with Gasteiger partial charge in [-0.1, -0.05) is 11.6 Å². The number of urea groups is 1. The molecule has 0 spiro atoms. The fourth-order valence-electron chi connectivity index (χ4n) is 2.30. The molecule has 0 radical (unpaired) electrons. The molecule has 18 heavy (non-hydrogen) atoms. The van der Waals surface area contributed by atoms with Gasteiger partial charge in [-0.15, -0.1) is 0 Å². The van der Waals surface area contributed by atoms with Crippen LogP contribution in [0.15, 0.2) is 24.3 Å². The van der Waals surface area contributed by atoms with Gasteiger partial charge >= 0.3 is 12.0 Å². The Labute approximate surface area is 109 Å². The Morgan fingerprint density at radius 2 is 2.11 bits per heavy atom. The second-order valence-corrected chi connectivity index (χ2v) is 4.84. The molecule has 2 saturated heterocycles. The summed E-state index contributed by atoms with van der Waals surface area (Å²) in [7, 11) is 0. The Bertz CT molecular complexity index is 503. The lowest BCUT2D eigenvalue weighted by Gasteiger charge is -2.25. The normalized spacial score (nSPS) is 25.2. The lowest BCUT2D eigenvalue weighted by atomic mass is 10.2. The van der Waals surface area contributed by atoms with Gasteiger partial charge in [0.25, 0.3) is 0 Å². The van der Waals surface area contributed by atoms with Gasteiger partial charge in [-0.3, -0.25) is 0 Å². The van der Waals surface area contributed by atoms with Gasteiger partial charge in [0, 0.05) is 17.1 Å². The number of halogens is 1. The van der Waals surface area contributed by atoms with Crippen LogP contribution in [0, 0.1) is 0 Å². The summed E-state index contributed by atoms with van der Waals surface area (Å²) in [5.41, 5.74) is 0.653. The largest absolute Gasteiger partial charge is 0.459 e. The van der Waals surface area contributed by atoms with E-state index in [4.69, 9.17) is 16.3 Å². The summed E-state index contributed by atoms with van der Waals surface area (Å²) in [5.74, 6) is -0.308. The number of nitrogens with zero attached hydrogens (tertiary/aromatic N) is 1. The fourth-order valence-corrected chi connectivity index (χ4v) is 2.43. The molecule has 1 N–H and O–H groups in total. The molecule has 5 nitrogen and oxygen atoms in total. The minimum absolute atomic E-state index is 0.140. The topological polar surface area (TPSA) is 58.6 Å². The Hall–Kier alpha value is -1.75. The molecule has 0 aliphatic carbocycles. The van der Waals surface area contributed by atoms with E-state index in [1.165, 1.54) is 4.90 Å². The zero-order valence-corrected chi connectivity index (χ0v) is 10.2. The summed E-state index contributed by atoms with van der Waals surface area (Å²) < 4.78 is 5.03. The van der Waals surface area contributed by atoms with Gasteiger partial charge in [0.2, 0.25) is 0 Å². The highest BCUT2D eigenvalue weighted by molar-refractivity contribution is 6.30. The van der Waals surface area contributed by atoms with Crippen LogP contribution in [0.3, 0.4) is 0 Å². The van der Waals surface area contributed by atoms with E-state index in [1.807, 2.05) is 0 Å². The molecule has 0 aromatic heterocycles. The van der Waals surface area contributed by atoms with E-state index in [2.05, 4.69) is 5.32 Å². The van der Waals surface area contributed by atoms with Gasteiger partial charge < -0.3 is 15.0 Å². The van der Waals surface area contributed by atoms with Gasteiger partial charge in [-0.05, 0) is 24.3 Å². The summed E-state index contributed by atoms with van der Waals surface area (Å²) in [5, 5.41) is 3.35. The molecule has 1 aromatic carbocycles. The van der Waals surface area contributed by atoms with Crippen LogP contribution in [0.2, 0.25) is 5.02 Å². The van der Waals surface area contributed by atoms with Crippen molar-refractivity contribution in [2.75, 3.05) is 11.9 Å². The Morgan fingerprint density at radius 3 is 2.72 bits per heavy atom. The van der Waals surface area contributed by atoms with Crippen molar-refractivity contribution in [2.45, 2.75) is 18.6 Å². The van der Waals surface area contributed by atoms with Crippen LogP contribution in [0.5, 0.6) is 0 Å². The van der Waals surface area contributed by atoms with Gasteiger partial charge in [-0.25, -0.2) is 9.59 Å². The van der Waals surface area contributed by atoms with Crippen molar-refractivity contribution in [1.29, 1.82) is 0 Å². The van der Waals surface area contributed by atoms with Crippen LogP contribution in [0.25, 0.3) is 0 Å². The van der Waals surface area contributed by atoms with Crippen molar-refractivity contribution in [3.63, 3.8) is 0 Å². The van der Waals surface area contributed by atoms with Gasteiger partial charge in [0.05, 0.1) is 6.54 Å². The molecule has 1 aromatic rings. The molecule has 2 heterocycles. The molecule has 2 fully saturated rings. The molecule has 3 rings (SSSR count). The number of benzene rings is 1. The minimum Gasteiger partial charge on any atom is -0.459 e. The Morgan fingerprint density at radius 1 is 1.39 bits per heavy atom. The second kappa shape index (κ2) is 4.17. The number of morpholine rings is 1. The van der Waals surface area contributed by atoms with Crippen molar-refractivity contribution in [2.24, 2.45) is 0 Å². The molecule has 6 heteroatoms. The molecule has 0 saturated carbocycles. The molecular weight excluding hydrogens is 256 g/mol. The van der Waals surface area contributed by atoms with E-state index in [0.29, 0.717) is 23.7 Å². The van der Waals surface area contributed by atoms with Crippen LogP contribution < -0.4 is 5.32 Å². The second-order valence-electron chi connectivity index (χ2n) is 4.40. The summed E-state index contributed by atoms with van der Waals surface area (Å²) in [6.07, 6.45) is 0.464. The van der Waals surface area contributed by atoms with E-state index in [0.717, 1.165) is 0 Å². The van der Waals surface area contributed by atoms with Gasteiger partial charge in [-0.2, -0.15) is 0 Å². The first-order chi connectivity index (χ1) is 8.63. The van der Waals surface area contributed by atoms with Gasteiger partial charge in [0.1, 0.15) is 12.1 Å². The maximum absolute atomic E-state index is 12.0. The molecule has 94 valence electrons. The number of carbonyl (C=O) groups excluding carboxylic acids is 2. The predicted octanol–water partition coefficient (Wildman–Crippen LogP) is 1.87. The number of esters is 1. The number of likely N-dealkylation sites (tertiary alicyclic amines) is 1. The molecule has 2 aliphatic heterocycles. The summed E-state index contributed by atoms with van der Waals surface area (Å²) in [4.78, 5) is 24.9. The zero-order chi connectivity index (χ0) is 12.7. The van der Waals surface area contributed by atoms with Crippen molar-refractivity contribution < 1.29 is 14.3 Å². The molecule has 2 aliphatic rings. The third-order valence-corrected chi connectivity index (χ3v) is 3.43. The van der Waals surface area contributed by atoms with Crippen LogP contribution in [-0.4, -0.2) is 35.6 Å². The monoisotopic (exact) mass is 266 g/mol. The quantitative estimate of drug-likeness (QED) is 0.790. The van der Waals surface area contributed by atoms with Crippen LogP contribution in [-0.2, 0) is 9.53 Å². The van der Waals surface area contributed by atoms with E-state index in [9.17, 15) is 9.59 Å². The van der Waals surface area contributed by atoms with E-state index >= 15 is 0 Å². The number of hydrogen-bond donors (Lipinski definition) is 1. The highest BCUT2D eigenvalue weighted by Gasteiger charge is 2.48. The van der Waals surface area contributed by atoms with E-state index in [-0.39, 0.29) is 18.1 Å². The number of hydrogen-bond acceptors (Lipinski definition) is 3. The van der Waals surface area contributed by atoms with Crippen LogP contribution in [0.1, 0.15) is 6.42 Å². The first kappa shape index (κ1) is 11.3. The predicted molar refractivity (Wildman–Crippen MR) is 65.5 cm³/mol. The lowest BCUT2D eigenvalue weighted by Crippen LogP contribution is -2.46. The summed E-state index contributed by atoms with van der Waals surface area (Å²) >= 11 is 5.76. The average Bonchev–Trinajstić information content (AvgIpc) is 2.90. The van der Waals surface area contributed by atoms with Crippen molar-refractivity contribution >= 4 is 29.3 Å². The molecule has 2 bridgehead atoms. The molecule has 0 unspecified atom stereocenters. The third-order valence-electron chi connectivity index (χ3n) is 3.17. The van der Waals surface area contributed by atoms with Crippen LogP contribution in [0.4, 0.5) is 10.5 Å². The smallest absolute Gasteiger partial charge is 0.329 e. The fraction of sp³-hybridized carbons (Fsp3) is 0.333. The molecular formula is C12H11ClN2O3. The van der Waals surface area contributed by atoms with E-state index in [1.54, 1.807) is 24.3 Å². The van der Waals surface area contributed by atoms with Crippen molar-refractivity contribution in [3.8, 4) is 0 Å². The number of fused-ring (bicyclic) bond motifs is 2. The maximum atomic E-state index is 12.0. The van der Waals surface area contributed by atoms with Gasteiger partial charge in [0.15, 0.2) is 0 Å². The Balaban J connectivity index is 1.69. The number of amides is 2. The number of anilines is 1. The highest BCUT2D eigenvalue weighted by atomic mass is 35.5. The summed E-state index contributed by atoms with van der Waals surface area (Å²) in [6, 6.07) is 6.12. The third kappa shape index (κ3) is 1.90. The Kier molecular flexibility index (Phi) is 2.63. The standard InChI is InChI=1S/C12H11ClN2O3/c13-7-1-3-8(4-2-7)14-12(17)15-6-9-5-10(15)11(16)18-9/h1-4,9-10H,5-6H2,(H,14,17)/t9-,10-/m0/s1. The summed E-state index contributed by atoms with van der Waals surface area (Å²) in [6.45, 7) is 0.468. The van der Waals surface area contributed by atoms with Crippen molar-refractivity contribution in [3.05, 3.63) is 29.3 Å². The number of carbonyl (C=O) groups is 2. The number of rotatable bonds is 1. The number of ether oxygens (including phenoxy) is 1. The zero-order valence-electron chi connectivity index (χ0n) is 9.43. The van der Waals surface area contributed by atoms with Crippen molar-refractivity contribution in [1.82, 2.24) is 4.90 Å². The highest BCUT2D eigenvalue weighted by Crippen LogP contribution is 2.29. The first-order valence-corrected chi connectivity index (χ1v) is 6.05. The number of nitrogens with one attached hydrogen (secondary N) is 1. The molecule has 2 atom stereocenters. The SMILES string of the molecule is O=C1O[C@H]2C[C@@H]1N(C(=O)Nc1ccc(Cl)cc1)C2. The minimum atomic E-state index is -0.428. The maximum Gasteiger partial charge on any atom is 0.329 e. The van der Waals surface area contributed by atoms with Crippen LogP contribution >= 0.6 is 11.6 Å². The van der Waals surface area contributed by atoms with E-state index < -0.39 is 6.04 Å². The molecule has 2 amide bonds. The first-order valence-electron chi connectivity index (χ1n) is 5.67. The lowest BCUT2D eigenvalue weighted by molar-refractivity contribution is -0.149.